The minimum absolute atomic E-state index is 0.00124. The number of nitrogens with zero attached hydrogens (tertiary/aromatic N) is 2. The topological polar surface area (TPSA) is 56.1 Å². The number of hydrogen-bond donors (Lipinski definition) is 1. The van der Waals surface area contributed by atoms with Crippen molar-refractivity contribution in [2.75, 3.05) is 5.32 Å². The molecule has 2 atom stereocenters. The molecule has 3 aromatic rings. The number of benzene rings is 2. The fraction of sp³-hybridized carbons (Fsp3) is 0.158. The average Bonchev–Trinajstić information content (AvgIpc) is 3.21. The quantitative estimate of drug-likeness (QED) is 0.805. The van der Waals surface area contributed by atoms with Crippen LogP contribution in [0.3, 0.4) is 0 Å². The second kappa shape index (κ2) is 5.85. The van der Waals surface area contributed by atoms with Crippen molar-refractivity contribution in [2.24, 2.45) is 0 Å². The molecule has 1 aromatic heterocycles. The molecule has 1 aliphatic rings. The lowest BCUT2D eigenvalue weighted by atomic mass is 9.97. The normalized spacial score (nSPS) is 18.7. The maximum absolute atomic E-state index is 12.7. The second-order valence-corrected chi connectivity index (χ2v) is 5.81. The van der Waals surface area contributed by atoms with Gasteiger partial charge in [-0.3, -0.25) is 14.7 Å². The van der Waals surface area contributed by atoms with E-state index < -0.39 is 6.10 Å². The third-order valence-electron chi connectivity index (χ3n) is 4.29. The summed E-state index contributed by atoms with van der Waals surface area (Å²) in [6, 6.07) is 17.5. The molecule has 0 fully saturated rings. The number of hydrogen-bond acceptors (Lipinski definition) is 3. The van der Waals surface area contributed by atoms with Gasteiger partial charge < -0.3 is 4.74 Å². The number of amides is 1. The number of rotatable bonds is 3. The Morgan fingerprint density at radius 1 is 1.12 bits per heavy atom. The van der Waals surface area contributed by atoms with Crippen molar-refractivity contribution in [2.45, 2.75) is 18.9 Å². The molecule has 1 amide bonds. The van der Waals surface area contributed by atoms with Crippen LogP contribution in [0.5, 0.6) is 5.75 Å². The van der Waals surface area contributed by atoms with E-state index in [1.54, 1.807) is 6.20 Å². The van der Waals surface area contributed by atoms with Gasteiger partial charge in [-0.2, -0.15) is 0 Å². The molecular formula is C19H17N3O2. The molecular weight excluding hydrogens is 302 g/mol. The maximum Gasteiger partial charge on any atom is 0.268 e. The van der Waals surface area contributed by atoms with E-state index in [9.17, 15) is 4.79 Å². The van der Waals surface area contributed by atoms with Crippen LogP contribution in [-0.4, -0.2) is 21.6 Å². The summed E-state index contributed by atoms with van der Waals surface area (Å²) < 4.78 is 7.66. The van der Waals surface area contributed by atoms with Crippen molar-refractivity contribution < 1.29 is 9.53 Å². The number of ether oxygens (including phenoxy) is 1. The van der Waals surface area contributed by atoms with Crippen LogP contribution >= 0.6 is 0 Å². The van der Waals surface area contributed by atoms with Crippen molar-refractivity contribution in [3.05, 3.63) is 72.6 Å². The molecule has 0 bridgehead atoms. The third-order valence-corrected chi connectivity index (χ3v) is 4.29. The predicted molar refractivity (Wildman–Crippen MR) is 91.5 cm³/mol. The standard InChI is InChI=1S/C19H17N3O2/c1-13-15-9-5-6-10-16(15)24-17(13)18(23)21-19-20-11-12-22(19)14-7-3-2-4-8-14/h2-13,17H,1H3,(H,20,21,23)/t13-,17+/m1/s1. The first kappa shape index (κ1) is 14.5. The van der Waals surface area contributed by atoms with Gasteiger partial charge in [0.05, 0.1) is 0 Å². The van der Waals surface area contributed by atoms with Gasteiger partial charge in [-0.05, 0) is 18.2 Å². The van der Waals surface area contributed by atoms with Gasteiger partial charge in [-0.15, -0.1) is 0 Å². The van der Waals surface area contributed by atoms with E-state index >= 15 is 0 Å². The Bertz CT molecular complexity index is 873. The van der Waals surface area contributed by atoms with E-state index in [0.29, 0.717) is 5.95 Å². The zero-order chi connectivity index (χ0) is 16.5. The highest BCUT2D eigenvalue weighted by Gasteiger charge is 2.36. The molecule has 4 rings (SSSR count). The van der Waals surface area contributed by atoms with Crippen molar-refractivity contribution in [3.8, 4) is 11.4 Å². The summed E-state index contributed by atoms with van der Waals surface area (Å²) >= 11 is 0. The molecule has 2 heterocycles. The first-order valence-electron chi connectivity index (χ1n) is 7.89. The summed E-state index contributed by atoms with van der Waals surface area (Å²) in [6.45, 7) is 2.00. The summed E-state index contributed by atoms with van der Waals surface area (Å²) in [5, 5.41) is 2.88. The van der Waals surface area contributed by atoms with Crippen molar-refractivity contribution in [1.82, 2.24) is 9.55 Å². The van der Waals surface area contributed by atoms with Crippen LogP contribution in [0.25, 0.3) is 5.69 Å². The molecule has 0 spiro atoms. The molecule has 5 nitrogen and oxygen atoms in total. The molecule has 5 heteroatoms. The molecule has 0 saturated carbocycles. The molecule has 1 aliphatic heterocycles. The number of nitrogens with one attached hydrogen (secondary N) is 1. The Morgan fingerprint density at radius 2 is 1.88 bits per heavy atom. The van der Waals surface area contributed by atoms with E-state index in [4.69, 9.17) is 4.74 Å². The summed E-state index contributed by atoms with van der Waals surface area (Å²) in [5.41, 5.74) is 2.00. The Labute approximate surface area is 139 Å². The first-order chi connectivity index (χ1) is 11.7. The van der Waals surface area contributed by atoms with Crippen LogP contribution in [0.1, 0.15) is 18.4 Å². The van der Waals surface area contributed by atoms with Gasteiger partial charge >= 0.3 is 0 Å². The van der Waals surface area contributed by atoms with E-state index in [1.807, 2.05) is 72.3 Å². The van der Waals surface area contributed by atoms with Crippen molar-refractivity contribution >= 4 is 11.9 Å². The number of anilines is 1. The highest BCUT2D eigenvalue weighted by molar-refractivity contribution is 5.94. The lowest BCUT2D eigenvalue weighted by Gasteiger charge is -2.15. The molecule has 0 aliphatic carbocycles. The number of imidazole rings is 1. The molecule has 2 aromatic carbocycles. The smallest absolute Gasteiger partial charge is 0.268 e. The minimum atomic E-state index is -0.552. The highest BCUT2D eigenvalue weighted by Crippen LogP contribution is 2.37. The van der Waals surface area contributed by atoms with Crippen LogP contribution in [0.2, 0.25) is 0 Å². The van der Waals surface area contributed by atoms with E-state index in [2.05, 4.69) is 10.3 Å². The Kier molecular flexibility index (Phi) is 3.54. The fourth-order valence-electron chi connectivity index (χ4n) is 3.02. The van der Waals surface area contributed by atoms with Gasteiger partial charge in [-0.25, -0.2) is 4.98 Å². The lowest BCUT2D eigenvalue weighted by molar-refractivity contribution is -0.122. The van der Waals surface area contributed by atoms with E-state index in [1.165, 1.54) is 0 Å². The largest absolute Gasteiger partial charge is 0.480 e. The monoisotopic (exact) mass is 319 g/mol. The fourth-order valence-corrected chi connectivity index (χ4v) is 3.02. The van der Waals surface area contributed by atoms with Crippen LogP contribution in [0.4, 0.5) is 5.95 Å². The van der Waals surface area contributed by atoms with Crippen molar-refractivity contribution in [1.29, 1.82) is 0 Å². The zero-order valence-corrected chi connectivity index (χ0v) is 13.2. The summed E-state index contributed by atoms with van der Waals surface area (Å²) in [6.07, 6.45) is 2.93. The van der Waals surface area contributed by atoms with Crippen LogP contribution in [0, 0.1) is 0 Å². The van der Waals surface area contributed by atoms with Gasteiger partial charge in [0.2, 0.25) is 5.95 Å². The van der Waals surface area contributed by atoms with Gasteiger partial charge in [0.25, 0.3) is 5.91 Å². The lowest BCUT2D eigenvalue weighted by Crippen LogP contribution is -2.34. The summed E-state index contributed by atoms with van der Waals surface area (Å²) in [5.74, 6) is 1.07. The van der Waals surface area contributed by atoms with Gasteiger partial charge in [0.1, 0.15) is 5.75 Å². The molecule has 24 heavy (non-hydrogen) atoms. The number of carbonyl (C=O) groups is 1. The van der Waals surface area contributed by atoms with Gasteiger partial charge in [0, 0.05) is 29.6 Å². The summed E-state index contributed by atoms with van der Waals surface area (Å²) in [7, 11) is 0. The Balaban J connectivity index is 1.56. The molecule has 1 N–H and O–H groups in total. The molecule has 0 unspecified atom stereocenters. The Morgan fingerprint density at radius 3 is 2.67 bits per heavy atom. The van der Waals surface area contributed by atoms with Crippen LogP contribution in [-0.2, 0) is 4.79 Å². The van der Waals surface area contributed by atoms with E-state index in [-0.39, 0.29) is 11.8 Å². The number of para-hydroxylation sites is 2. The van der Waals surface area contributed by atoms with Crippen LogP contribution < -0.4 is 10.1 Å². The van der Waals surface area contributed by atoms with Crippen molar-refractivity contribution in [3.63, 3.8) is 0 Å². The molecule has 0 saturated heterocycles. The SMILES string of the molecule is C[C@@H]1c2ccccc2O[C@@H]1C(=O)Nc1nccn1-c1ccccc1. The molecule has 0 radical (unpaired) electrons. The van der Waals surface area contributed by atoms with E-state index in [0.717, 1.165) is 17.0 Å². The van der Waals surface area contributed by atoms with Gasteiger partial charge in [0.15, 0.2) is 6.10 Å². The Hall–Kier alpha value is -3.08. The first-order valence-corrected chi connectivity index (χ1v) is 7.89. The average molecular weight is 319 g/mol. The van der Waals surface area contributed by atoms with Gasteiger partial charge in [-0.1, -0.05) is 43.3 Å². The maximum atomic E-state index is 12.7. The zero-order valence-electron chi connectivity index (χ0n) is 13.2. The number of carbonyl (C=O) groups excluding carboxylic acids is 1. The predicted octanol–water partition coefficient (Wildman–Crippen LogP) is 3.38. The summed E-state index contributed by atoms with van der Waals surface area (Å²) in [4.78, 5) is 16.9. The second-order valence-electron chi connectivity index (χ2n) is 5.81. The highest BCUT2D eigenvalue weighted by atomic mass is 16.5. The minimum Gasteiger partial charge on any atom is -0.480 e. The van der Waals surface area contributed by atoms with Crippen LogP contribution in [0.15, 0.2) is 67.0 Å². The number of fused-ring (bicyclic) bond motifs is 1. The molecule has 120 valence electrons. The number of aromatic nitrogens is 2. The third kappa shape index (κ3) is 2.44.